The Hall–Kier alpha value is -1.25. The van der Waals surface area contributed by atoms with Crippen LogP contribution in [-0.2, 0) is 0 Å². The molecule has 1 aromatic carbocycles. The molecular weight excluding hydrogens is 255 g/mol. The number of hydrogen-bond acceptors (Lipinski definition) is 2. The summed E-state index contributed by atoms with van der Waals surface area (Å²) in [4.78, 5) is 4.09. The highest BCUT2D eigenvalue weighted by Gasteiger charge is 2.07. The largest absolute Gasteiger partial charge is 0.377 e. The minimum absolute atomic E-state index is 0.125. The van der Waals surface area contributed by atoms with E-state index in [2.05, 4.69) is 10.3 Å². The molecule has 17 heavy (non-hydrogen) atoms. The Kier molecular flexibility index (Phi) is 3.87. The summed E-state index contributed by atoms with van der Waals surface area (Å²) >= 11 is 12.0. The van der Waals surface area contributed by atoms with Crippen LogP contribution in [0.1, 0.15) is 18.5 Å². The number of nitrogens with zero attached hydrogens (tertiary/aromatic N) is 1. The topological polar surface area (TPSA) is 24.9 Å². The second-order valence-corrected chi connectivity index (χ2v) is 4.62. The molecule has 0 fully saturated rings. The van der Waals surface area contributed by atoms with Gasteiger partial charge in [-0.15, -0.1) is 0 Å². The van der Waals surface area contributed by atoms with Crippen LogP contribution in [0.4, 0.5) is 5.69 Å². The third kappa shape index (κ3) is 3.11. The smallest absolute Gasteiger partial charge is 0.0638 e. The Morgan fingerprint density at radius 1 is 1.24 bits per heavy atom. The molecule has 0 aliphatic rings. The summed E-state index contributed by atoms with van der Waals surface area (Å²) < 4.78 is 0. The van der Waals surface area contributed by atoms with Crippen LogP contribution in [0.5, 0.6) is 0 Å². The van der Waals surface area contributed by atoms with Gasteiger partial charge in [-0.3, -0.25) is 4.98 Å². The lowest BCUT2D eigenvalue weighted by molar-refractivity contribution is 0.876. The van der Waals surface area contributed by atoms with E-state index in [0.717, 1.165) is 11.3 Å². The average Bonchev–Trinajstić information content (AvgIpc) is 2.35. The average molecular weight is 267 g/mol. The Bertz CT molecular complexity index is 500. The molecule has 1 atom stereocenters. The molecule has 2 nitrogen and oxygen atoms in total. The number of nitrogens with one attached hydrogen (secondary N) is 1. The van der Waals surface area contributed by atoms with Gasteiger partial charge in [-0.05, 0) is 36.8 Å². The zero-order valence-corrected chi connectivity index (χ0v) is 10.8. The number of anilines is 1. The predicted octanol–water partition coefficient (Wildman–Crippen LogP) is 4.56. The van der Waals surface area contributed by atoms with Crippen molar-refractivity contribution in [2.24, 2.45) is 0 Å². The van der Waals surface area contributed by atoms with Gasteiger partial charge in [0.2, 0.25) is 0 Å². The van der Waals surface area contributed by atoms with E-state index in [1.165, 1.54) is 0 Å². The zero-order valence-electron chi connectivity index (χ0n) is 9.32. The highest BCUT2D eigenvalue weighted by molar-refractivity contribution is 6.35. The summed E-state index contributed by atoms with van der Waals surface area (Å²) in [5.74, 6) is 0. The number of pyridine rings is 1. The van der Waals surface area contributed by atoms with Crippen molar-refractivity contribution < 1.29 is 0 Å². The molecule has 2 rings (SSSR count). The summed E-state index contributed by atoms with van der Waals surface area (Å²) in [5, 5.41) is 4.63. The molecule has 2 aromatic rings. The molecule has 1 N–H and O–H groups in total. The Balaban J connectivity index is 2.18. The van der Waals surface area contributed by atoms with E-state index in [1.54, 1.807) is 18.3 Å². The molecule has 0 bridgehead atoms. The number of aromatic nitrogens is 1. The second-order valence-electron chi connectivity index (χ2n) is 3.78. The van der Waals surface area contributed by atoms with Gasteiger partial charge in [-0.1, -0.05) is 29.3 Å². The van der Waals surface area contributed by atoms with Crippen molar-refractivity contribution in [3.8, 4) is 0 Å². The SMILES string of the molecule is CC(Nc1cc(Cl)ccc1Cl)c1cccnc1. The van der Waals surface area contributed by atoms with Crippen LogP contribution < -0.4 is 5.32 Å². The van der Waals surface area contributed by atoms with Crippen molar-refractivity contribution in [2.75, 3.05) is 5.32 Å². The fourth-order valence-electron chi connectivity index (χ4n) is 1.56. The van der Waals surface area contributed by atoms with Crippen molar-refractivity contribution >= 4 is 28.9 Å². The number of benzene rings is 1. The maximum Gasteiger partial charge on any atom is 0.0638 e. The first-order valence-corrected chi connectivity index (χ1v) is 6.04. The molecule has 1 unspecified atom stereocenters. The Labute approximate surface area is 111 Å². The van der Waals surface area contributed by atoms with Crippen LogP contribution in [0.25, 0.3) is 0 Å². The highest BCUT2D eigenvalue weighted by Crippen LogP contribution is 2.28. The van der Waals surface area contributed by atoms with Gasteiger partial charge in [0, 0.05) is 17.4 Å². The lowest BCUT2D eigenvalue weighted by Crippen LogP contribution is -2.07. The van der Waals surface area contributed by atoms with E-state index < -0.39 is 0 Å². The van der Waals surface area contributed by atoms with Gasteiger partial charge in [0.1, 0.15) is 0 Å². The molecule has 0 spiro atoms. The van der Waals surface area contributed by atoms with E-state index in [0.29, 0.717) is 10.0 Å². The molecule has 0 radical (unpaired) electrons. The molecule has 0 saturated carbocycles. The third-order valence-corrected chi connectivity index (χ3v) is 3.05. The molecule has 4 heteroatoms. The summed E-state index contributed by atoms with van der Waals surface area (Å²) in [6, 6.07) is 9.42. The minimum Gasteiger partial charge on any atom is -0.377 e. The van der Waals surface area contributed by atoms with Crippen molar-refractivity contribution in [3.05, 3.63) is 58.3 Å². The normalized spacial score (nSPS) is 12.2. The lowest BCUT2D eigenvalue weighted by Gasteiger charge is -2.16. The van der Waals surface area contributed by atoms with Gasteiger partial charge in [0.05, 0.1) is 16.8 Å². The van der Waals surface area contributed by atoms with Crippen molar-refractivity contribution in [3.63, 3.8) is 0 Å². The molecule has 0 amide bonds. The molecule has 0 aliphatic carbocycles. The minimum atomic E-state index is 0.125. The molecular formula is C13H12Cl2N2. The van der Waals surface area contributed by atoms with Gasteiger partial charge in [-0.2, -0.15) is 0 Å². The van der Waals surface area contributed by atoms with E-state index >= 15 is 0 Å². The van der Waals surface area contributed by atoms with Crippen molar-refractivity contribution in [1.29, 1.82) is 0 Å². The highest BCUT2D eigenvalue weighted by atomic mass is 35.5. The van der Waals surface area contributed by atoms with Crippen molar-refractivity contribution in [1.82, 2.24) is 4.98 Å². The van der Waals surface area contributed by atoms with E-state index in [1.807, 2.05) is 31.3 Å². The van der Waals surface area contributed by atoms with Gasteiger partial charge in [-0.25, -0.2) is 0 Å². The first kappa shape index (κ1) is 12.2. The summed E-state index contributed by atoms with van der Waals surface area (Å²) in [5.41, 5.74) is 1.93. The van der Waals surface area contributed by atoms with Crippen molar-refractivity contribution in [2.45, 2.75) is 13.0 Å². The quantitative estimate of drug-likeness (QED) is 0.881. The Morgan fingerprint density at radius 3 is 2.76 bits per heavy atom. The third-order valence-electron chi connectivity index (χ3n) is 2.48. The van der Waals surface area contributed by atoms with Crippen LogP contribution >= 0.6 is 23.2 Å². The maximum atomic E-state index is 6.09. The van der Waals surface area contributed by atoms with E-state index in [-0.39, 0.29) is 6.04 Å². The van der Waals surface area contributed by atoms with Gasteiger partial charge >= 0.3 is 0 Å². The number of halogens is 2. The number of rotatable bonds is 3. The summed E-state index contributed by atoms with van der Waals surface area (Å²) in [6.07, 6.45) is 3.58. The molecule has 88 valence electrons. The van der Waals surface area contributed by atoms with Gasteiger partial charge in [0.15, 0.2) is 0 Å². The summed E-state index contributed by atoms with van der Waals surface area (Å²) in [7, 11) is 0. The molecule has 1 aromatic heterocycles. The Morgan fingerprint density at radius 2 is 2.06 bits per heavy atom. The van der Waals surface area contributed by atoms with Gasteiger partial charge in [0.25, 0.3) is 0 Å². The fourth-order valence-corrected chi connectivity index (χ4v) is 1.90. The molecule has 0 aliphatic heterocycles. The zero-order chi connectivity index (χ0) is 12.3. The van der Waals surface area contributed by atoms with Crippen LogP contribution in [0, 0.1) is 0 Å². The monoisotopic (exact) mass is 266 g/mol. The van der Waals surface area contributed by atoms with Crippen LogP contribution in [-0.4, -0.2) is 4.98 Å². The van der Waals surface area contributed by atoms with Gasteiger partial charge < -0.3 is 5.32 Å². The summed E-state index contributed by atoms with van der Waals surface area (Å²) in [6.45, 7) is 2.05. The first-order valence-electron chi connectivity index (χ1n) is 5.28. The fraction of sp³-hybridized carbons (Fsp3) is 0.154. The number of hydrogen-bond donors (Lipinski definition) is 1. The van der Waals surface area contributed by atoms with Crippen LogP contribution in [0.15, 0.2) is 42.7 Å². The molecule has 1 heterocycles. The van der Waals surface area contributed by atoms with E-state index in [9.17, 15) is 0 Å². The molecule has 0 saturated heterocycles. The van der Waals surface area contributed by atoms with Crippen LogP contribution in [0.2, 0.25) is 10.0 Å². The van der Waals surface area contributed by atoms with Crippen LogP contribution in [0.3, 0.4) is 0 Å². The maximum absolute atomic E-state index is 6.09. The van der Waals surface area contributed by atoms with E-state index in [4.69, 9.17) is 23.2 Å². The second kappa shape index (κ2) is 5.39. The lowest BCUT2D eigenvalue weighted by atomic mass is 10.1. The first-order chi connectivity index (χ1) is 8.16. The predicted molar refractivity (Wildman–Crippen MR) is 72.7 cm³/mol. The standard InChI is InChI=1S/C13H12Cl2N2/c1-9(10-3-2-6-16-8-10)17-13-7-11(14)4-5-12(13)15/h2-9,17H,1H3.